The highest BCUT2D eigenvalue weighted by Crippen LogP contribution is 2.35. The number of aliphatic hydroxyl groups excluding tert-OH is 1. The van der Waals surface area contributed by atoms with E-state index in [-0.39, 0.29) is 35.7 Å². The molecular formula is C22H29N3O3. The summed E-state index contributed by atoms with van der Waals surface area (Å²) in [5.41, 5.74) is 0.846. The van der Waals surface area contributed by atoms with Crippen molar-refractivity contribution in [1.82, 2.24) is 14.8 Å². The van der Waals surface area contributed by atoms with E-state index in [0.717, 1.165) is 36.6 Å². The number of aromatic nitrogens is 1. The van der Waals surface area contributed by atoms with Gasteiger partial charge in [0.15, 0.2) is 0 Å². The van der Waals surface area contributed by atoms with Crippen molar-refractivity contribution < 1.29 is 9.90 Å². The van der Waals surface area contributed by atoms with Crippen molar-refractivity contribution in [1.29, 1.82) is 0 Å². The van der Waals surface area contributed by atoms with Gasteiger partial charge < -0.3 is 15.0 Å². The molecule has 3 atom stereocenters. The highest BCUT2D eigenvalue weighted by atomic mass is 16.3. The number of piperidine rings is 1. The van der Waals surface area contributed by atoms with E-state index in [1.807, 2.05) is 38.1 Å². The maximum atomic E-state index is 13.1. The number of nitrogens with zero attached hydrogens (tertiary/aromatic N) is 2. The second-order valence-electron chi connectivity index (χ2n) is 8.37. The number of para-hydroxylation sites is 1. The Labute approximate surface area is 165 Å². The Hall–Kier alpha value is -2.18. The van der Waals surface area contributed by atoms with Gasteiger partial charge in [-0.15, -0.1) is 0 Å². The van der Waals surface area contributed by atoms with Crippen molar-refractivity contribution >= 4 is 16.8 Å². The largest absolute Gasteiger partial charge is 0.395 e. The third-order valence-electron chi connectivity index (χ3n) is 6.28. The molecule has 2 N–H and O–H groups in total. The molecule has 150 valence electrons. The smallest absolute Gasteiger partial charge is 0.264 e. The number of carbonyl (C=O) groups excluding carboxylic acids is 1. The van der Waals surface area contributed by atoms with E-state index in [0.29, 0.717) is 18.6 Å². The maximum absolute atomic E-state index is 13.1. The van der Waals surface area contributed by atoms with E-state index in [9.17, 15) is 14.7 Å². The van der Waals surface area contributed by atoms with Gasteiger partial charge in [0.1, 0.15) is 5.56 Å². The lowest BCUT2D eigenvalue weighted by Crippen LogP contribution is -2.51. The standard InChI is InChI=1S/C22H29N3O3/c1-14(2)25-20-6-4-3-5-15(20)11-19(22(25)28)21(27)23-16-12-17-7-8-18(13-16)24(17)9-10-26/h3-6,11,14,16-18,26H,7-10,12-13H2,1-2H3,(H,23,27)/t16?,17-,18+. The maximum Gasteiger partial charge on any atom is 0.264 e. The van der Waals surface area contributed by atoms with Crippen LogP contribution in [0.25, 0.3) is 10.9 Å². The Balaban J connectivity index is 1.59. The molecule has 0 aliphatic carbocycles. The lowest BCUT2D eigenvalue weighted by Gasteiger charge is -2.38. The van der Waals surface area contributed by atoms with Crippen LogP contribution < -0.4 is 10.9 Å². The summed E-state index contributed by atoms with van der Waals surface area (Å²) in [6.45, 7) is 4.81. The van der Waals surface area contributed by atoms with Crippen LogP contribution in [0.5, 0.6) is 0 Å². The first-order chi connectivity index (χ1) is 13.5. The van der Waals surface area contributed by atoms with Gasteiger partial charge in [-0.3, -0.25) is 14.5 Å². The average Bonchev–Trinajstić information content (AvgIpc) is 2.90. The molecule has 2 bridgehead atoms. The normalized spacial score (nSPS) is 24.8. The van der Waals surface area contributed by atoms with Gasteiger partial charge in [0.25, 0.3) is 11.5 Å². The molecule has 28 heavy (non-hydrogen) atoms. The van der Waals surface area contributed by atoms with Crippen molar-refractivity contribution in [2.75, 3.05) is 13.2 Å². The number of rotatable bonds is 5. The highest BCUT2D eigenvalue weighted by Gasteiger charge is 2.40. The van der Waals surface area contributed by atoms with Gasteiger partial charge in [-0.1, -0.05) is 18.2 Å². The van der Waals surface area contributed by atoms with E-state index in [2.05, 4.69) is 10.2 Å². The first kappa shape index (κ1) is 19.2. The fraction of sp³-hybridized carbons (Fsp3) is 0.545. The summed E-state index contributed by atoms with van der Waals surface area (Å²) < 4.78 is 1.71. The first-order valence-corrected chi connectivity index (χ1v) is 10.3. The number of hydrogen-bond donors (Lipinski definition) is 2. The Bertz CT molecular complexity index is 922. The van der Waals surface area contributed by atoms with Crippen LogP contribution in [0, 0.1) is 0 Å². The molecule has 1 amide bonds. The zero-order valence-corrected chi connectivity index (χ0v) is 16.6. The molecule has 2 aliphatic rings. The lowest BCUT2D eigenvalue weighted by atomic mass is 9.97. The van der Waals surface area contributed by atoms with Crippen LogP contribution in [0.1, 0.15) is 55.9 Å². The topological polar surface area (TPSA) is 74.6 Å². The quantitative estimate of drug-likeness (QED) is 0.831. The Kier molecular flexibility index (Phi) is 5.25. The fourth-order valence-electron chi connectivity index (χ4n) is 5.10. The number of carbonyl (C=O) groups is 1. The van der Waals surface area contributed by atoms with Crippen molar-refractivity contribution in [3.8, 4) is 0 Å². The third kappa shape index (κ3) is 3.35. The van der Waals surface area contributed by atoms with E-state index >= 15 is 0 Å². The molecular weight excluding hydrogens is 354 g/mol. The predicted octanol–water partition coefficient (Wildman–Crippen LogP) is 2.30. The molecule has 6 heteroatoms. The van der Waals surface area contributed by atoms with Crippen molar-refractivity contribution in [2.24, 2.45) is 0 Å². The van der Waals surface area contributed by atoms with Gasteiger partial charge in [0.05, 0.1) is 12.1 Å². The second-order valence-corrected chi connectivity index (χ2v) is 8.37. The summed E-state index contributed by atoms with van der Waals surface area (Å²) >= 11 is 0. The molecule has 4 rings (SSSR count). The predicted molar refractivity (Wildman–Crippen MR) is 110 cm³/mol. The third-order valence-corrected chi connectivity index (χ3v) is 6.28. The van der Waals surface area contributed by atoms with Gasteiger partial charge in [-0.25, -0.2) is 0 Å². The molecule has 1 unspecified atom stereocenters. The molecule has 1 aromatic carbocycles. The van der Waals surface area contributed by atoms with Gasteiger partial charge in [0, 0.05) is 30.7 Å². The van der Waals surface area contributed by atoms with Crippen LogP contribution in [-0.4, -0.2) is 51.8 Å². The van der Waals surface area contributed by atoms with E-state index < -0.39 is 0 Å². The van der Waals surface area contributed by atoms with Crippen LogP contribution >= 0.6 is 0 Å². The number of amides is 1. The summed E-state index contributed by atoms with van der Waals surface area (Å²) in [5.74, 6) is -0.273. The van der Waals surface area contributed by atoms with Gasteiger partial charge >= 0.3 is 0 Å². The summed E-state index contributed by atoms with van der Waals surface area (Å²) in [5, 5.41) is 13.3. The van der Waals surface area contributed by atoms with Crippen molar-refractivity contribution in [3.63, 3.8) is 0 Å². The van der Waals surface area contributed by atoms with Gasteiger partial charge in [0.2, 0.25) is 0 Å². The summed E-state index contributed by atoms with van der Waals surface area (Å²) in [6.07, 6.45) is 4.00. The molecule has 0 radical (unpaired) electrons. The summed E-state index contributed by atoms with van der Waals surface area (Å²) in [7, 11) is 0. The van der Waals surface area contributed by atoms with E-state index in [1.165, 1.54) is 0 Å². The molecule has 2 saturated heterocycles. The van der Waals surface area contributed by atoms with Crippen LogP contribution in [0.15, 0.2) is 35.1 Å². The number of benzene rings is 1. The van der Waals surface area contributed by atoms with Gasteiger partial charge in [-0.2, -0.15) is 0 Å². The molecule has 2 aliphatic heterocycles. The number of nitrogens with one attached hydrogen (secondary N) is 1. The SMILES string of the molecule is CC(C)n1c(=O)c(C(=O)NC2C[C@H]3CC[C@@H](C2)N3CCO)cc2ccccc21. The molecule has 0 saturated carbocycles. The van der Waals surface area contributed by atoms with Crippen LogP contribution in [0.3, 0.4) is 0 Å². The average molecular weight is 383 g/mol. The number of aliphatic hydroxyl groups is 1. The van der Waals surface area contributed by atoms with Crippen LogP contribution in [0.2, 0.25) is 0 Å². The number of fused-ring (bicyclic) bond motifs is 3. The van der Waals surface area contributed by atoms with E-state index in [1.54, 1.807) is 10.6 Å². The number of pyridine rings is 1. The fourth-order valence-corrected chi connectivity index (χ4v) is 5.10. The minimum absolute atomic E-state index is 0.0253. The zero-order valence-electron chi connectivity index (χ0n) is 16.6. The Morgan fingerprint density at radius 1 is 1.21 bits per heavy atom. The van der Waals surface area contributed by atoms with E-state index in [4.69, 9.17) is 0 Å². The zero-order chi connectivity index (χ0) is 19.8. The molecule has 1 aromatic heterocycles. The van der Waals surface area contributed by atoms with Gasteiger partial charge in [-0.05, 0) is 57.0 Å². The van der Waals surface area contributed by atoms with Crippen molar-refractivity contribution in [3.05, 3.63) is 46.2 Å². The van der Waals surface area contributed by atoms with Crippen LogP contribution in [0.4, 0.5) is 0 Å². The second kappa shape index (κ2) is 7.68. The minimum atomic E-state index is -0.273. The molecule has 0 spiro atoms. The minimum Gasteiger partial charge on any atom is -0.395 e. The molecule has 2 fully saturated rings. The number of hydrogen-bond acceptors (Lipinski definition) is 4. The Morgan fingerprint density at radius 3 is 2.54 bits per heavy atom. The summed E-state index contributed by atoms with van der Waals surface area (Å²) in [6, 6.07) is 10.3. The van der Waals surface area contributed by atoms with Crippen molar-refractivity contribution in [2.45, 2.75) is 63.7 Å². The lowest BCUT2D eigenvalue weighted by molar-refractivity contribution is 0.0781. The Morgan fingerprint density at radius 2 is 1.89 bits per heavy atom. The first-order valence-electron chi connectivity index (χ1n) is 10.3. The molecule has 6 nitrogen and oxygen atoms in total. The highest BCUT2D eigenvalue weighted by molar-refractivity contribution is 5.97. The molecule has 3 heterocycles. The monoisotopic (exact) mass is 383 g/mol. The molecule has 2 aromatic rings. The van der Waals surface area contributed by atoms with Crippen LogP contribution in [-0.2, 0) is 0 Å². The summed E-state index contributed by atoms with van der Waals surface area (Å²) in [4.78, 5) is 28.4.